The maximum Gasteiger partial charge on any atom is 0.107 e. The second-order valence-electron chi connectivity index (χ2n) is 3.18. The Balaban J connectivity index is 2.53. The van der Waals surface area contributed by atoms with Crippen LogP contribution in [0.15, 0.2) is 0 Å². The highest BCUT2D eigenvalue weighted by Crippen LogP contribution is 2.17. The average Bonchev–Trinajstić information content (AvgIpc) is 2.31. The normalized spacial score (nSPS) is 11.2. The first-order valence-electron chi connectivity index (χ1n) is 4.31. The van der Waals surface area contributed by atoms with Crippen molar-refractivity contribution < 1.29 is 0 Å². The molecule has 0 aliphatic heterocycles. The lowest BCUT2D eigenvalue weighted by Crippen LogP contribution is -2.19. The summed E-state index contributed by atoms with van der Waals surface area (Å²) in [5.74, 6) is 0. The molecule has 1 rings (SSSR count). The molecular formula is C9H15BrN2S. The standard InChI is InChI=1S/C9H15BrN2S/c1-7-8(2)13-9(11-7)6-12(3)5-4-10/h4-6H2,1-3H3. The zero-order chi connectivity index (χ0) is 9.84. The molecule has 0 amide bonds. The van der Waals surface area contributed by atoms with Gasteiger partial charge < -0.3 is 0 Å². The van der Waals surface area contributed by atoms with Gasteiger partial charge in [-0.25, -0.2) is 4.98 Å². The molecule has 2 nitrogen and oxygen atoms in total. The molecule has 4 heteroatoms. The first-order valence-corrected chi connectivity index (χ1v) is 6.24. The van der Waals surface area contributed by atoms with Crippen molar-refractivity contribution in [2.24, 2.45) is 0 Å². The summed E-state index contributed by atoms with van der Waals surface area (Å²) in [4.78, 5) is 8.10. The molecule has 0 atom stereocenters. The van der Waals surface area contributed by atoms with Crippen LogP contribution in [0.5, 0.6) is 0 Å². The molecule has 0 fully saturated rings. The van der Waals surface area contributed by atoms with E-state index in [0.29, 0.717) is 0 Å². The lowest BCUT2D eigenvalue weighted by molar-refractivity contribution is 0.349. The van der Waals surface area contributed by atoms with Gasteiger partial charge in [-0.05, 0) is 20.9 Å². The predicted octanol–water partition coefficient (Wildman–Crippen LogP) is 2.59. The Morgan fingerprint density at radius 3 is 2.62 bits per heavy atom. The molecule has 0 aromatic carbocycles. The highest BCUT2D eigenvalue weighted by molar-refractivity contribution is 9.09. The van der Waals surface area contributed by atoms with Crippen LogP contribution < -0.4 is 0 Å². The SMILES string of the molecule is Cc1nc(CN(C)CCBr)sc1C. The Morgan fingerprint density at radius 2 is 2.15 bits per heavy atom. The first-order chi connectivity index (χ1) is 6.13. The third-order valence-corrected chi connectivity index (χ3v) is 3.36. The van der Waals surface area contributed by atoms with E-state index in [1.54, 1.807) is 11.3 Å². The van der Waals surface area contributed by atoms with Crippen LogP contribution in [0.3, 0.4) is 0 Å². The van der Waals surface area contributed by atoms with Crippen molar-refractivity contribution in [1.82, 2.24) is 9.88 Å². The molecule has 0 saturated carbocycles. The summed E-state index contributed by atoms with van der Waals surface area (Å²) in [6.07, 6.45) is 0. The van der Waals surface area contributed by atoms with E-state index in [9.17, 15) is 0 Å². The minimum atomic E-state index is 0.963. The van der Waals surface area contributed by atoms with E-state index in [4.69, 9.17) is 0 Å². The number of halogens is 1. The van der Waals surface area contributed by atoms with Gasteiger partial charge in [0.2, 0.25) is 0 Å². The van der Waals surface area contributed by atoms with Gasteiger partial charge in [-0.15, -0.1) is 11.3 Å². The monoisotopic (exact) mass is 262 g/mol. The van der Waals surface area contributed by atoms with Crippen molar-refractivity contribution in [2.75, 3.05) is 18.9 Å². The van der Waals surface area contributed by atoms with E-state index >= 15 is 0 Å². The van der Waals surface area contributed by atoms with Crippen LogP contribution in [0, 0.1) is 13.8 Å². The number of alkyl halides is 1. The molecule has 1 aromatic rings. The number of aryl methyl sites for hydroxylation is 2. The Hall–Kier alpha value is 0.0700. The molecule has 13 heavy (non-hydrogen) atoms. The summed E-state index contributed by atoms with van der Waals surface area (Å²) in [6.45, 7) is 6.23. The minimum absolute atomic E-state index is 0.963. The second-order valence-corrected chi connectivity index (χ2v) is 5.26. The maximum atomic E-state index is 4.49. The van der Waals surface area contributed by atoms with Crippen molar-refractivity contribution >= 4 is 27.3 Å². The number of rotatable bonds is 4. The molecule has 0 unspecified atom stereocenters. The van der Waals surface area contributed by atoms with E-state index in [1.165, 1.54) is 15.6 Å². The fourth-order valence-electron chi connectivity index (χ4n) is 1.06. The van der Waals surface area contributed by atoms with Crippen molar-refractivity contribution in [3.63, 3.8) is 0 Å². The van der Waals surface area contributed by atoms with Gasteiger partial charge in [-0.1, -0.05) is 15.9 Å². The zero-order valence-electron chi connectivity index (χ0n) is 8.30. The van der Waals surface area contributed by atoms with Gasteiger partial charge in [0, 0.05) is 16.8 Å². The molecule has 0 bridgehead atoms. The predicted molar refractivity (Wildman–Crippen MR) is 61.7 cm³/mol. The van der Waals surface area contributed by atoms with Crippen LogP contribution in [0.25, 0.3) is 0 Å². The Labute approximate surface area is 92.1 Å². The molecule has 0 spiro atoms. The fourth-order valence-corrected chi connectivity index (χ4v) is 2.68. The molecule has 0 N–H and O–H groups in total. The van der Waals surface area contributed by atoms with Crippen LogP contribution in [0.1, 0.15) is 15.6 Å². The average molecular weight is 263 g/mol. The molecule has 0 aliphatic rings. The number of thiazole rings is 1. The molecule has 1 heterocycles. The van der Waals surface area contributed by atoms with E-state index < -0.39 is 0 Å². The van der Waals surface area contributed by atoms with Crippen LogP contribution in [-0.2, 0) is 6.54 Å². The summed E-state index contributed by atoms with van der Waals surface area (Å²) in [7, 11) is 2.12. The Bertz CT molecular complexity index is 253. The number of hydrogen-bond acceptors (Lipinski definition) is 3. The van der Waals surface area contributed by atoms with Gasteiger partial charge >= 0.3 is 0 Å². The van der Waals surface area contributed by atoms with Crippen LogP contribution in [0.4, 0.5) is 0 Å². The van der Waals surface area contributed by atoms with Crippen LogP contribution >= 0.6 is 27.3 Å². The molecule has 0 aliphatic carbocycles. The first kappa shape index (κ1) is 11.1. The molecule has 1 aromatic heterocycles. The van der Waals surface area contributed by atoms with E-state index in [1.807, 2.05) is 0 Å². The smallest absolute Gasteiger partial charge is 0.107 e. The van der Waals surface area contributed by atoms with Crippen LogP contribution in [0.2, 0.25) is 0 Å². The maximum absolute atomic E-state index is 4.49. The highest BCUT2D eigenvalue weighted by Gasteiger charge is 2.05. The topological polar surface area (TPSA) is 16.1 Å². The summed E-state index contributed by atoms with van der Waals surface area (Å²) >= 11 is 5.22. The van der Waals surface area contributed by atoms with E-state index in [0.717, 1.165) is 18.4 Å². The summed E-state index contributed by atoms with van der Waals surface area (Å²) < 4.78 is 0. The largest absolute Gasteiger partial charge is 0.299 e. The van der Waals surface area contributed by atoms with Crippen molar-refractivity contribution in [2.45, 2.75) is 20.4 Å². The van der Waals surface area contributed by atoms with Crippen molar-refractivity contribution in [3.05, 3.63) is 15.6 Å². The Morgan fingerprint density at radius 1 is 1.46 bits per heavy atom. The molecule has 0 saturated heterocycles. The van der Waals surface area contributed by atoms with Gasteiger partial charge in [0.25, 0.3) is 0 Å². The molecule has 74 valence electrons. The van der Waals surface area contributed by atoms with Gasteiger partial charge in [0.1, 0.15) is 5.01 Å². The lowest BCUT2D eigenvalue weighted by Gasteiger charge is -2.12. The number of hydrogen-bond donors (Lipinski definition) is 0. The van der Waals surface area contributed by atoms with E-state index in [2.05, 4.69) is 46.7 Å². The second kappa shape index (κ2) is 5.08. The lowest BCUT2D eigenvalue weighted by atomic mass is 10.4. The number of nitrogens with zero attached hydrogens (tertiary/aromatic N) is 2. The summed E-state index contributed by atoms with van der Waals surface area (Å²) in [6, 6.07) is 0. The van der Waals surface area contributed by atoms with Gasteiger partial charge in [-0.3, -0.25) is 4.90 Å². The fraction of sp³-hybridized carbons (Fsp3) is 0.667. The third-order valence-electron chi connectivity index (χ3n) is 1.94. The van der Waals surface area contributed by atoms with Crippen LogP contribution in [-0.4, -0.2) is 28.8 Å². The summed E-state index contributed by atoms with van der Waals surface area (Å²) in [5.41, 5.74) is 1.17. The minimum Gasteiger partial charge on any atom is -0.299 e. The van der Waals surface area contributed by atoms with Gasteiger partial charge in [-0.2, -0.15) is 0 Å². The third kappa shape index (κ3) is 3.37. The zero-order valence-corrected chi connectivity index (χ0v) is 10.7. The van der Waals surface area contributed by atoms with Gasteiger partial charge in [0.05, 0.1) is 12.2 Å². The Kier molecular flexibility index (Phi) is 4.35. The van der Waals surface area contributed by atoms with Crippen molar-refractivity contribution in [1.29, 1.82) is 0 Å². The summed E-state index contributed by atoms with van der Waals surface area (Å²) in [5, 5.41) is 2.24. The van der Waals surface area contributed by atoms with Crippen molar-refractivity contribution in [3.8, 4) is 0 Å². The molecular weight excluding hydrogens is 248 g/mol. The quantitative estimate of drug-likeness (QED) is 0.776. The van der Waals surface area contributed by atoms with E-state index in [-0.39, 0.29) is 0 Å². The number of aromatic nitrogens is 1. The van der Waals surface area contributed by atoms with Gasteiger partial charge in [0.15, 0.2) is 0 Å². The molecule has 0 radical (unpaired) electrons. The highest BCUT2D eigenvalue weighted by atomic mass is 79.9.